The van der Waals surface area contributed by atoms with Crippen molar-refractivity contribution in [2.75, 3.05) is 25.2 Å². The van der Waals surface area contributed by atoms with Crippen LogP contribution in [0.1, 0.15) is 24.1 Å². The number of benzene rings is 3. The van der Waals surface area contributed by atoms with Gasteiger partial charge in [0.1, 0.15) is 29.6 Å². The Kier molecular flexibility index (Phi) is 7.33. The molecule has 1 amide bonds. The largest absolute Gasteiger partial charge is 0.507 e. The topological polar surface area (TPSA) is 98.2 Å². The number of anilines is 1. The molecule has 1 N–H and O–H groups in total. The number of aliphatic hydroxyl groups excluding tert-OH is 1. The summed E-state index contributed by atoms with van der Waals surface area (Å²) in [6, 6.07) is 18.2. The van der Waals surface area contributed by atoms with Crippen molar-refractivity contribution in [3.8, 4) is 17.2 Å². The summed E-state index contributed by atoms with van der Waals surface area (Å²) in [5.41, 5.74) is 1.59. The summed E-state index contributed by atoms with van der Waals surface area (Å²) in [6.07, 6.45) is 1.63. The first-order valence-electron chi connectivity index (χ1n) is 12.3. The molecular formula is C30H26N2O6S. The van der Waals surface area contributed by atoms with Crippen LogP contribution in [0.25, 0.3) is 16.0 Å². The molecular weight excluding hydrogens is 516 g/mol. The van der Waals surface area contributed by atoms with E-state index in [0.717, 1.165) is 4.70 Å². The molecule has 5 rings (SSSR count). The van der Waals surface area contributed by atoms with Gasteiger partial charge in [0, 0.05) is 5.56 Å². The molecule has 0 radical (unpaired) electrons. The Morgan fingerprint density at radius 1 is 1.05 bits per heavy atom. The van der Waals surface area contributed by atoms with Gasteiger partial charge in [-0.15, -0.1) is 0 Å². The van der Waals surface area contributed by atoms with Gasteiger partial charge in [0.2, 0.25) is 0 Å². The van der Waals surface area contributed by atoms with Gasteiger partial charge in [-0.05, 0) is 67.1 Å². The van der Waals surface area contributed by atoms with Gasteiger partial charge in [0.25, 0.3) is 5.78 Å². The maximum Gasteiger partial charge on any atom is 0.301 e. The van der Waals surface area contributed by atoms with E-state index >= 15 is 0 Å². The quantitative estimate of drug-likeness (QED) is 0.122. The molecule has 198 valence electrons. The molecule has 2 heterocycles. The van der Waals surface area contributed by atoms with Gasteiger partial charge in [0.15, 0.2) is 5.13 Å². The normalized spacial score (nSPS) is 16.5. The molecule has 1 atom stereocenters. The number of fused-ring (bicyclic) bond motifs is 1. The van der Waals surface area contributed by atoms with Gasteiger partial charge in [-0.25, -0.2) is 4.98 Å². The van der Waals surface area contributed by atoms with Crippen molar-refractivity contribution in [2.24, 2.45) is 0 Å². The van der Waals surface area contributed by atoms with Crippen LogP contribution in [-0.2, 0) is 9.59 Å². The maximum atomic E-state index is 13.5. The van der Waals surface area contributed by atoms with Gasteiger partial charge in [-0.1, -0.05) is 36.1 Å². The zero-order valence-electron chi connectivity index (χ0n) is 21.4. The smallest absolute Gasteiger partial charge is 0.301 e. The lowest BCUT2D eigenvalue weighted by atomic mass is 9.95. The Bertz CT molecular complexity index is 1590. The Morgan fingerprint density at radius 2 is 1.82 bits per heavy atom. The first kappa shape index (κ1) is 26.0. The molecule has 1 aromatic heterocycles. The van der Waals surface area contributed by atoms with Crippen molar-refractivity contribution in [1.82, 2.24) is 4.98 Å². The van der Waals surface area contributed by atoms with Gasteiger partial charge in [-0.2, -0.15) is 0 Å². The van der Waals surface area contributed by atoms with E-state index in [9.17, 15) is 14.7 Å². The highest BCUT2D eigenvalue weighted by atomic mass is 32.1. The molecule has 0 saturated carbocycles. The number of methoxy groups -OCH3 is 1. The zero-order chi connectivity index (χ0) is 27.5. The molecule has 1 fully saturated rings. The van der Waals surface area contributed by atoms with Crippen LogP contribution in [0.4, 0.5) is 5.13 Å². The number of thiazole rings is 1. The van der Waals surface area contributed by atoms with Crippen molar-refractivity contribution in [3.63, 3.8) is 0 Å². The van der Waals surface area contributed by atoms with Crippen LogP contribution in [0.2, 0.25) is 0 Å². The highest BCUT2D eigenvalue weighted by molar-refractivity contribution is 7.22. The summed E-state index contributed by atoms with van der Waals surface area (Å²) in [5.74, 6) is -0.0596. The van der Waals surface area contributed by atoms with Crippen LogP contribution < -0.4 is 19.1 Å². The minimum Gasteiger partial charge on any atom is -0.507 e. The number of nitrogens with zero attached hydrogens (tertiary/aromatic N) is 2. The highest BCUT2D eigenvalue weighted by Crippen LogP contribution is 2.45. The predicted octanol–water partition coefficient (Wildman–Crippen LogP) is 5.89. The fourth-order valence-corrected chi connectivity index (χ4v) is 5.45. The zero-order valence-corrected chi connectivity index (χ0v) is 22.2. The second kappa shape index (κ2) is 11.0. The molecule has 1 unspecified atom stereocenters. The number of ketones is 1. The Hall–Kier alpha value is -4.63. The molecule has 0 aliphatic carbocycles. The molecule has 3 aromatic carbocycles. The van der Waals surface area contributed by atoms with Crippen LogP contribution in [0, 0.1) is 0 Å². The molecule has 1 aliphatic heterocycles. The van der Waals surface area contributed by atoms with Crippen LogP contribution in [0.15, 0.2) is 85.0 Å². The van der Waals surface area contributed by atoms with E-state index in [-0.39, 0.29) is 17.9 Å². The van der Waals surface area contributed by atoms with Crippen molar-refractivity contribution >= 4 is 44.1 Å². The number of ether oxygens (including phenoxy) is 3. The fraction of sp³-hybridized carbons (Fsp3) is 0.167. The number of hydrogen-bond acceptors (Lipinski definition) is 8. The van der Waals surface area contributed by atoms with E-state index < -0.39 is 17.7 Å². The number of aromatic nitrogens is 1. The van der Waals surface area contributed by atoms with E-state index in [0.29, 0.717) is 45.6 Å². The molecule has 0 spiro atoms. The number of carbonyl (C=O) groups is 2. The third-order valence-electron chi connectivity index (χ3n) is 6.22. The van der Waals surface area contributed by atoms with Gasteiger partial charge >= 0.3 is 5.91 Å². The third kappa shape index (κ3) is 4.96. The van der Waals surface area contributed by atoms with Crippen LogP contribution in [0.5, 0.6) is 17.2 Å². The molecule has 1 aliphatic rings. The SMILES string of the molecule is C=CCOc1cccc(C2/C(=C(\O)c3ccc(OCC)cc3)C(=O)C(=O)N2c2nc3ccc(OC)cc3s2)c1. The second-order valence-electron chi connectivity index (χ2n) is 8.63. The average Bonchev–Trinajstić information content (AvgIpc) is 3.49. The number of amides is 1. The summed E-state index contributed by atoms with van der Waals surface area (Å²) >= 11 is 1.26. The Balaban J connectivity index is 1.67. The number of rotatable bonds is 9. The Morgan fingerprint density at radius 3 is 2.54 bits per heavy atom. The Labute approximate surface area is 229 Å². The first-order chi connectivity index (χ1) is 18.9. The van der Waals surface area contributed by atoms with E-state index in [1.165, 1.54) is 16.2 Å². The number of Topliss-reactive ketones (excluding diaryl/α,β-unsaturated/α-hetero) is 1. The first-order valence-corrected chi connectivity index (χ1v) is 13.1. The van der Waals surface area contributed by atoms with E-state index in [4.69, 9.17) is 14.2 Å². The van der Waals surface area contributed by atoms with Crippen LogP contribution in [-0.4, -0.2) is 42.1 Å². The minimum atomic E-state index is -0.939. The van der Waals surface area contributed by atoms with Crippen LogP contribution >= 0.6 is 11.3 Å². The lowest BCUT2D eigenvalue weighted by molar-refractivity contribution is -0.132. The predicted molar refractivity (Wildman–Crippen MR) is 151 cm³/mol. The third-order valence-corrected chi connectivity index (χ3v) is 7.23. The van der Waals surface area contributed by atoms with Gasteiger partial charge < -0.3 is 19.3 Å². The monoisotopic (exact) mass is 542 g/mol. The summed E-state index contributed by atoms with van der Waals surface area (Å²) in [7, 11) is 1.57. The van der Waals surface area contributed by atoms with E-state index in [2.05, 4.69) is 11.6 Å². The fourth-order valence-electron chi connectivity index (χ4n) is 4.43. The standard InChI is InChI=1S/C30H26N2O6S/c1-4-15-38-22-8-6-7-19(16-22)26-25(27(33)18-9-11-20(12-10-18)37-5-2)28(34)29(35)32(26)30-31-23-14-13-21(36-3)17-24(23)39-30/h4,6-14,16-17,26,33H,1,5,15H2,2-3H3/b27-25+. The van der Waals surface area contributed by atoms with E-state index in [1.807, 2.05) is 13.0 Å². The number of aliphatic hydroxyl groups is 1. The molecule has 4 aromatic rings. The molecule has 9 heteroatoms. The maximum absolute atomic E-state index is 13.5. The summed E-state index contributed by atoms with van der Waals surface area (Å²) in [5, 5.41) is 11.7. The van der Waals surface area contributed by atoms with Crippen molar-refractivity contribution in [2.45, 2.75) is 13.0 Å². The summed E-state index contributed by atoms with van der Waals surface area (Å²) in [6.45, 7) is 6.34. The summed E-state index contributed by atoms with van der Waals surface area (Å²) in [4.78, 5) is 33.0. The number of carbonyl (C=O) groups excluding carboxylic acids is 2. The molecule has 1 saturated heterocycles. The average molecular weight is 543 g/mol. The van der Waals surface area contributed by atoms with Crippen LogP contribution in [0.3, 0.4) is 0 Å². The number of hydrogen-bond donors (Lipinski definition) is 1. The van der Waals surface area contributed by atoms with Crippen molar-refractivity contribution < 1.29 is 28.9 Å². The van der Waals surface area contributed by atoms with Gasteiger partial charge in [0.05, 0.1) is 35.5 Å². The second-order valence-corrected chi connectivity index (χ2v) is 9.64. The van der Waals surface area contributed by atoms with Crippen molar-refractivity contribution in [1.29, 1.82) is 0 Å². The van der Waals surface area contributed by atoms with Crippen molar-refractivity contribution in [3.05, 3.63) is 96.1 Å². The highest BCUT2D eigenvalue weighted by Gasteiger charge is 2.48. The summed E-state index contributed by atoms with van der Waals surface area (Å²) < 4.78 is 17.3. The molecule has 8 nitrogen and oxygen atoms in total. The minimum absolute atomic E-state index is 0.0399. The molecule has 39 heavy (non-hydrogen) atoms. The van der Waals surface area contributed by atoms with E-state index in [1.54, 1.807) is 73.8 Å². The van der Waals surface area contributed by atoms with Gasteiger partial charge in [-0.3, -0.25) is 14.5 Å². The lowest BCUT2D eigenvalue weighted by Gasteiger charge is -2.23. The lowest BCUT2D eigenvalue weighted by Crippen LogP contribution is -2.29. The molecule has 0 bridgehead atoms.